The molecule has 5 heteroatoms. The fourth-order valence-electron chi connectivity index (χ4n) is 6.83. The molecule has 0 aromatic carbocycles. The zero-order valence-electron chi connectivity index (χ0n) is 18.6. The molecule has 0 N–H and O–H groups in total. The molecule has 168 valence electrons. The molecule has 4 saturated carbocycles. The molecule has 3 nitrogen and oxygen atoms in total. The van der Waals surface area contributed by atoms with Crippen molar-refractivity contribution in [1.82, 2.24) is 0 Å². The minimum absolute atomic E-state index is 0.194. The Hall–Kier alpha value is 0.420. The molecule has 0 unspecified atom stereocenters. The van der Waals surface area contributed by atoms with Gasteiger partial charge in [0, 0.05) is 22.6 Å². The van der Waals surface area contributed by atoms with Gasteiger partial charge in [-0.15, -0.1) is 0 Å². The highest BCUT2D eigenvalue weighted by molar-refractivity contribution is 7.73. The maximum atomic E-state index is 14.8. The van der Waals surface area contributed by atoms with Gasteiger partial charge in [0.1, 0.15) is 0 Å². The van der Waals surface area contributed by atoms with E-state index in [0.29, 0.717) is 0 Å². The van der Waals surface area contributed by atoms with Crippen molar-refractivity contribution in [3.8, 4) is 0 Å². The van der Waals surface area contributed by atoms with Gasteiger partial charge in [-0.25, -0.2) is 0 Å². The quantitative estimate of drug-likeness (QED) is 0.386. The molecule has 0 saturated heterocycles. The molecule has 0 aliphatic heterocycles. The molecular formula is C24H44O3P2. The largest absolute Gasteiger partial charge is 0.292 e. The maximum absolute atomic E-state index is 14.8. The Labute approximate surface area is 179 Å². The van der Waals surface area contributed by atoms with E-state index in [4.69, 9.17) is 4.31 Å². The Balaban J connectivity index is 1.65. The fourth-order valence-corrected chi connectivity index (χ4v) is 16.1. The molecule has 0 amide bonds. The lowest BCUT2D eigenvalue weighted by Gasteiger charge is -2.44. The van der Waals surface area contributed by atoms with E-state index in [9.17, 15) is 9.13 Å². The molecule has 4 aliphatic carbocycles. The van der Waals surface area contributed by atoms with E-state index >= 15 is 0 Å². The van der Waals surface area contributed by atoms with Crippen molar-refractivity contribution in [3.63, 3.8) is 0 Å². The molecule has 4 fully saturated rings. The number of hydrogen-bond acceptors (Lipinski definition) is 3. The third-order valence-electron chi connectivity index (χ3n) is 8.59. The van der Waals surface area contributed by atoms with Crippen LogP contribution in [-0.2, 0) is 13.4 Å². The van der Waals surface area contributed by atoms with Crippen LogP contribution in [0.3, 0.4) is 0 Å². The van der Waals surface area contributed by atoms with Gasteiger partial charge in [-0.1, -0.05) is 77.0 Å². The van der Waals surface area contributed by atoms with Crippen molar-refractivity contribution in [2.45, 2.75) is 151 Å². The van der Waals surface area contributed by atoms with E-state index in [1.807, 2.05) is 0 Å². The lowest BCUT2D eigenvalue weighted by atomic mass is 10.00. The average molecular weight is 443 g/mol. The summed E-state index contributed by atoms with van der Waals surface area (Å²) in [6, 6.07) is 0. The number of rotatable bonds is 6. The fraction of sp³-hybridized carbons (Fsp3) is 1.00. The smallest absolute Gasteiger partial charge is 0.214 e. The van der Waals surface area contributed by atoms with Crippen molar-refractivity contribution >= 4 is 14.7 Å². The normalized spacial score (nSPS) is 27.9. The van der Waals surface area contributed by atoms with E-state index in [1.165, 1.54) is 77.0 Å². The van der Waals surface area contributed by atoms with E-state index in [0.717, 1.165) is 51.4 Å². The van der Waals surface area contributed by atoms with E-state index in [1.54, 1.807) is 0 Å². The summed E-state index contributed by atoms with van der Waals surface area (Å²) < 4.78 is 36.6. The third kappa shape index (κ3) is 5.09. The van der Waals surface area contributed by atoms with E-state index in [2.05, 4.69) is 0 Å². The van der Waals surface area contributed by atoms with E-state index < -0.39 is 14.7 Å². The number of hydrogen-bond donors (Lipinski definition) is 0. The lowest BCUT2D eigenvalue weighted by Crippen LogP contribution is -2.29. The SMILES string of the molecule is O=P(OP(=O)(C1CCCCC1)C1CCCCC1)(C1CCCCC1)C1CCCCC1. The minimum atomic E-state index is -2.89. The molecule has 0 bridgehead atoms. The van der Waals surface area contributed by atoms with Gasteiger partial charge in [-0.3, -0.25) is 13.4 Å². The first kappa shape index (κ1) is 22.6. The summed E-state index contributed by atoms with van der Waals surface area (Å²) in [6.07, 6.45) is 22.9. The first-order chi connectivity index (χ1) is 14.1. The highest BCUT2D eigenvalue weighted by atomic mass is 31.2. The van der Waals surface area contributed by atoms with Crippen molar-refractivity contribution in [2.24, 2.45) is 0 Å². The Bertz CT molecular complexity index is 499. The Morgan fingerprint density at radius 2 is 0.586 bits per heavy atom. The zero-order valence-corrected chi connectivity index (χ0v) is 20.4. The molecule has 0 spiro atoms. The molecule has 0 heterocycles. The van der Waals surface area contributed by atoms with Gasteiger partial charge in [0.15, 0.2) is 0 Å². The molecule has 0 radical (unpaired) electrons. The summed E-state index contributed by atoms with van der Waals surface area (Å²) in [7, 11) is -5.78. The zero-order chi connectivity index (χ0) is 20.2. The molecule has 0 aromatic heterocycles. The highest BCUT2D eigenvalue weighted by Crippen LogP contribution is 2.77. The van der Waals surface area contributed by atoms with Crippen LogP contribution in [0.5, 0.6) is 0 Å². The van der Waals surface area contributed by atoms with Crippen molar-refractivity contribution in [1.29, 1.82) is 0 Å². The van der Waals surface area contributed by atoms with Crippen LogP contribution in [0.4, 0.5) is 0 Å². The third-order valence-corrected chi connectivity index (χ3v) is 16.8. The molecule has 4 aliphatic rings. The summed E-state index contributed by atoms with van der Waals surface area (Å²) >= 11 is 0. The molecule has 0 aromatic rings. The van der Waals surface area contributed by atoms with Crippen LogP contribution in [0.15, 0.2) is 0 Å². The monoisotopic (exact) mass is 442 g/mol. The van der Waals surface area contributed by atoms with Gasteiger partial charge in [0.05, 0.1) is 0 Å². The first-order valence-corrected chi connectivity index (χ1v) is 16.6. The Morgan fingerprint density at radius 3 is 0.793 bits per heavy atom. The Morgan fingerprint density at radius 1 is 0.379 bits per heavy atom. The molecule has 0 atom stereocenters. The van der Waals surface area contributed by atoms with Crippen LogP contribution in [0, 0.1) is 0 Å². The maximum Gasteiger partial charge on any atom is 0.214 e. The van der Waals surface area contributed by atoms with Gasteiger partial charge in [-0.05, 0) is 51.4 Å². The summed E-state index contributed by atoms with van der Waals surface area (Å²) in [4.78, 5) is 0. The van der Waals surface area contributed by atoms with Crippen LogP contribution >= 0.6 is 14.7 Å². The topological polar surface area (TPSA) is 43.4 Å². The second-order valence-electron chi connectivity index (χ2n) is 10.5. The first-order valence-electron chi connectivity index (χ1n) is 13.0. The molecule has 4 rings (SSSR count). The van der Waals surface area contributed by atoms with Gasteiger partial charge in [-0.2, -0.15) is 0 Å². The van der Waals surface area contributed by atoms with Crippen molar-refractivity contribution < 1.29 is 13.4 Å². The van der Waals surface area contributed by atoms with Gasteiger partial charge in [0.25, 0.3) is 0 Å². The van der Waals surface area contributed by atoms with Crippen molar-refractivity contribution in [2.75, 3.05) is 0 Å². The van der Waals surface area contributed by atoms with Crippen LogP contribution in [0.2, 0.25) is 0 Å². The summed E-state index contributed by atoms with van der Waals surface area (Å²) in [5.74, 6) is 0. The summed E-state index contributed by atoms with van der Waals surface area (Å²) in [6.45, 7) is 0. The average Bonchev–Trinajstić information content (AvgIpc) is 2.81. The standard InChI is InChI=1S/C24H44O3P2/c25-28(21-13-5-1-6-14-21,22-15-7-2-8-16-22)27-29(26,23-17-9-3-10-18-23)24-19-11-4-12-20-24/h21-24H,1-20H2. The summed E-state index contributed by atoms with van der Waals surface area (Å²) in [5.41, 5.74) is 0.777. The van der Waals surface area contributed by atoms with Gasteiger partial charge >= 0.3 is 0 Å². The predicted molar refractivity (Wildman–Crippen MR) is 124 cm³/mol. The second-order valence-corrected chi connectivity index (χ2v) is 16.7. The van der Waals surface area contributed by atoms with Crippen LogP contribution in [0.25, 0.3) is 0 Å². The summed E-state index contributed by atoms with van der Waals surface area (Å²) in [5, 5.41) is 0. The van der Waals surface area contributed by atoms with Crippen LogP contribution < -0.4 is 0 Å². The van der Waals surface area contributed by atoms with Gasteiger partial charge < -0.3 is 0 Å². The molecular weight excluding hydrogens is 398 g/mol. The highest BCUT2D eigenvalue weighted by Gasteiger charge is 2.51. The van der Waals surface area contributed by atoms with Crippen molar-refractivity contribution in [3.05, 3.63) is 0 Å². The lowest BCUT2D eigenvalue weighted by molar-refractivity contribution is 0.357. The predicted octanol–water partition coefficient (Wildman–Crippen LogP) is 8.89. The Kier molecular flexibility index (Phi) is 8.07. The molecule has 29 heavy (non-hydrogen) atoms. The van der Waals surface area contributed by atoms with Crippen LogP contribution in [-0.4, -0.2) is 22.6 Å². The minimum Gasteiger partial charge on any atom is -0.292 e. The second kappa shape index (κ2) is 10.4. The van der Waals surface area contributed by atoms with Gasteiger partial charge in [0.2, 0.25) is 14.7 Å². The van der Waals surface area contributed by atoms with E-state index in [-0.39, 0.29) is 22.6 Å². The van der Waals surface area contributed by atoms with Crippen LogP contribution in [0.1, 0.15) is 128 Å².